The largest absolute Gasteiger partial charge is 0.391 e. The third-order valence-electron chi connectivity index (χ3n) is 7.15. The second-order valence-corrected chi connectivity index (χ2v) is 10.8. The van der Waals surface area contributed by atoms with Crippen molar-refractivity contribution in [1.82, 2.24) is 20.1 Å². The van der Waals surface area contributed by atoms with Crippen molar-refractivity contribution >= 4 is 29.1 Å². The average Bonchev–Trinajstić information content (AvgIpc) is 3.60. The van der Waals surface area contributed by atoms with E-state index in [4.69, 9.17) is 0 Å². The molecule has 196 valence electrons. The lowest BCUT2D eigenvalue weighted by molar-refractivity contribution is -0.141. The van der Waals surface area contributed by atoms with Crippen LogP contribution < -0.4 is 5.32 Å². The van der Waals surface area contributed by atoms with Crippen LogP contribution in [0.2, 0.25) is 0 Å². The number of rotatable bonds is 7. The van der Waals surface area contributed by atoms with E-state index >= 15 is 0 Å². The lowest BCUT2D eigenvalue weighted by Gasteiger charge is -2.33. The van der Waals surface area contributed by atoms with Gasteiger partial charge in [0.15, 0.2) is 0 Å². The maximum absolute atomic E-state index is 13.8. The second-order valence-electron chi connectivity index (χ2n) is 9.92. The third kappa shape index (κ3) is 4.87. The zero-order valence-corrected chi connectivity index (χ0v) is 22.2. The van der Waals surface area contributed by atoms with Crippen LogP contribution in [-0.4, -0.2) is 62.3 Å². The molecule has 8 nitrogen and oxygen atoms in total. The van der Waals surface area contributed by atoms with Crippen molar-refractivity contribution in [3.8, 4) is 10.4 Å². The molecule has 0 unspecified atom stereocenters. The molecule has 2 aromatic carbocycles. The number of benzene rings is 2. The van der Waals surface area contributed by atoms with Gasteiger partial charge < -0.3 is 20.2 Å². The zero-order chi connectivity index (χ0) is 27.0. The third-order valence-corrected chi connectivity index (χ3v) is 8.13. The molecule has 2 aliphatic rings. The van der Waals surface area contributed by atoms with E-state index in [1.54, 1.807) is 30.4 Å². The summed E-state index contributed by atoms with van der Waals surface area (Å²) in [5.41, 5.74) is 6.71. The van der Waals surface area contributed by atoms with Crippen LogP contribution in [0.25, 0.3) is 10.4 Å². The fraction of sp³-hybridized carbons (Fsp3) is 0.310. The van der Waals surface area contributed by atoms with E-state index in [1.165, 1.54) is 9.80 Å². The summed E-state index contributed by atoms with van der Waals surface area (Å²) < 4.78 is 0. The highest BCUT2D eigenvalue weighted by atomic mass is 32.1. The van der Waals surface area contributed by atoms with E-state index in [0.29, 0.717) is 24.2 Å². The Bertz CT molecular complexity index is 1400. The number of amides is 3. The monoisotopic (exact) mass is 530 g/mol. The maximum atomic E-state index is 13.8. The molecule has 38 heavy (non-hydrogen) atoms. The first kappa shape index (κ1) is 25.8. The molecule has 3 atom stereocenters. The van der Waals surface area contributed by atoms with Gasteiger partial charge in [0.1, 0.15) is 12.1 Å². The summed E-state index contributed by atoms with van der Waals surface area (Å²) in [6.45, 7) is 8.27. The standard InChI is InChI=1S/C29H30N4O4S/c1-17(2)25(33-14-21-6-4-5-7-23(21)28(33)36)29(37)32-15-22(34)12-24(32)27(35)30-13-19-8-10-20(11-9-19)26-18(3)31-16-38-26/h4-11,16,22,24-25,34H,1,12-15H2,2-3H3,(H,30,35)/t22-,24+,25+/m1/s1. The number of carbonyl (C=O) groups is 3. The molecule has 3 amide bonds. The molecule has 1 saturated heterocycles. The van der Waals surface area contributed by atoms with E-state index in [0.717, 1.165) is 27.3 Å². The van der Waals surface area contributed by atoms with Gasteiger partial charge in [-0.3, -0.25) is 14.4 Å². The van der Waals surface area contributed by atoms with Crippen LogP contribution in [-0.2, 0) is 22.7 Å². The summed E-state index contributed by atoms with van der Waals surface area (Å²) in [6.07, 6.45) is -0.688. The number of aliphatic hydroxyl groups is 1. The number of β-amino-alcohol motifs (C(OH)–C–C–N with tert-alkyl or cyclic N) is 1. The first-order chi connectivity index (χ1) is 18.2. The summed E-state index contributed by atoms with van der Waals surface area (Å²) in [4.78, 5) is 48.4. The Labute approximate surface area is 225 Å². The Balaban J connectivity index is 1.27. The highest BCUT2D eigenvalue weighted by molar-refractivity contribution is 7.13. The topological polar surface area (TPSA) is 103 Å². The number of thiazole rings is 1. The number of carbonyl (C=O) groups excluding carboxylic acids is 3. The van der Waals surface area contributed by atoms with Crippen LogP contribution in [0.15, 0.2) is 66.2 Å². The van der Waals surface area contributed by atoms with Crippen molar-refractivity contribution in [1.29, 1.82) is 0 Å². The summed E-state index contributed by atoms with van der Waals surface area (Å²) >= 11 is 1.58. The molecule has 0 bridgehead atoms. The van der Waals surface area contributed by atoms with Gasteiger partial charge in [0.05, 0.1) is 22.2 Å². The number of aliphatic hydroxyl groups excluding tert-OH is 1. The van der Waals surface area contributed by atoms with Crippen LogP contribution in [0, 0.1) is 6.92 Å². The molecule has 2 aliphatic heterocycles. The number of aryl methyl sites for hydroxylation is 1. The Morgan fingerprint density at radius 3 is 2.61 bits per heavy atom. The zero-order valence-electron chi connectivity index (χ0n) is 21.4. The first-order valence-electron chi connectivity index (χ1n) is 12.5. The van der Waals surface area contributed by atoms with Gasteiger partial charge in [0.2, 0.25) is 11.8 Å². The molecular formula is C29H30N4O4S. The van der Waals surface area contributed by atoms with Crippen LogP contribution in [0.4, 0.5) is 0 Å². The van der Waals surface area contributed by atoms with Crippen molar-refractivity contribution in [2.45, 2.75) is 51.5 Å². The summed E-state index contributed by atoms with van der Waals surface area (Å²) in [5.74, 6) is -0.979. The predicted molar refractivity (Wildman–Crippen MR) is 145 cm³/mol. The van der Waals surface area contributed by atoms with Crippen LogP contribution in [0.5, 0.6) is 0 Å². The van der Waals surface area contributed by atoms with E-state index in [2.05, 4.69) is 16.9 Å². The number of aromatic nitrogens is 1. The van der Waals surface area contributed by atoms with Gasteiger partial charge in [0.25, 0.3) is 5.91 Å². The molecule has 3 aromatic rings. The van der Waals surface area contributed by atoms with E-state index in [-0.39, 0.29) is 24.8 Å². The molecular weight excluding hydrogens is 500 g/mol. The number of fused-ring (bicyclic) bond motifs is 1. The minimum Gasteiger partial charge on any atom is -0.391 e. The SMILES string of the molecule is C=C(C)[C@@H](C(=O)N1C[C@H](O)C[C@H]1C(=O)NCc1ccc(-c2scnc2C)cc1)N1Cc2ccccc2C1=O. The van der Waals surface area contributed by atoms with Gasteiger partial charge in [-0.05, 0) is 42.2 Å². The molecule has 9 heteroatoms. The van der Waals surface area contributed by atoms with Crippen molar-refractivity contribution in [3.05, 3.63) is 88.6 Å². The fourth-order valence-corrected chi connectivity index (χ4v) is 6.03. The lowest BCUT2D eigenvalue weighted by atomic mass is 10.1. The second kappa shape index (κ2) is 10.5. The van der Waals surface area contributed by atoms with Crippen LogP contribution in [0.3, 0.4) is 0 Å². The highest BCUT2D eigenvalue weighted by Gasteiger charge is 2.45. The maximum Gasteiger partial charge on any atom is 0.255 e. The normalized spacial score (nSPS) is 19.4. The quantitative estimate of drug-likeness (QED) is 0.457. The summed E-state index contributed by atoms with van der Waals surface area (Å²) in [5, 5.41) is 13.3. The van der Waals surface area contributed by atoms with Gasteiger partial charge in [-0.2, -0.15) is 0 Å². The molecule has 2 N–H and O–H groups in total. The molecule has 0 aliphatic carbocycles. The predicted octanol–water partition coefficient (Wildman–Crippen LogP) is 3.30. The van der Waals surface area contributed by atoms with Gasteiger partial charge in [0, 0.05) is 31.6 Å². The van der Waals surface area contributed by atoms with Crippen molar-refractivity contribution in [2.24, 2.45) is 0 Å². The van der Waals surface area contributed by atoms with Gasteiger partial charge in [-0.1, -0.05) is 49.0 Å². The number of likely N-dealkylation sites (tertiary alicyclic amines) is 1. The van der Waals surface area contributed by atoms with E-state index in [9.17, 15) is 19.5 Å². The van der Waals surface area contributed by atoms with Crippen LogP contribution in [0.1, 0.15) is 40.5 Å². The average molecular weight is 531 g/mol. The Morgan fingerprint density at radius 1 is 1.21 bits per heavy atom. The van der Waals surface area contributed by atoms with Gasteiger partial charge in [-0.15, -0.1) is 11.3 Å². The Kier molecular flexibility index (Phi) is 7.14. The van der Waals surface area contributed by atoms with Gasteiger partial charge >= 0.3 is 0 Å². The fourth-order valence-electron chi connectivity index (χ4n) is 5.22. The van der Waals surface area contributed by atoms with Crippen molar-refractivity contribution in [3.63, 3.8) is 0 Å². The number of nitrogens with zero attached hydrogens (tertiary/aromatic N) is 3. The van der Waals surface area contributed by atoms with Gasteiger partial charge in [-0.25, -0.2) is 4.98 Å². The molecule has 0 radical (unpaired) electrons. The molecule has 3 heterocycles. The highest BCUT2D eigenvalue weighted by Crippen LogP contribution is 2.30. The molecule has 5 rings (SSSR count). The van der Waals surface area contributed by atoms with E-state index < -0.39 is 24.1 Å². The first-order valence-corrected chi connectivity index (χ1v) is 13.4. The molecule has 0 spiro atoms. The molecule has 1 fully saturated rings. The summed E-state index contributed by atoms with van der Waals surface area (Å²) in [7, 11) is 0. The molecule has 0 saturated carbocycles. The van der Waals surface area contributed by atoms with Crippen LogP contribution >= 0.6 is 11.3 Å². The number of hydrogen-bond donors (Lipinski definition) is 2. The minimum absolute atomic E-state index is 0.0264. The van der Waals surface area contributed by atoms with Crippen molar-refractivity contribution in [2.75, 3.05) is 6.54 Å². The smallest absolute Gasteiger partial charge is 0.255 e. The van der Waals surface area contributed by atoms with Crippen molar-refractivity contribution < 1.29 is 19.5 Å². The molecule has 1 aromatic heterocycles. The lowest BCUT2D eigenvalue weighted by Crippen LogP contribution is -2.54. The summed E-state index contributed by atoms with van der Waals surface area (Å²) in [6, 6.07) is 13.4. The Morgan fingerprint density at radius 2 is 1.95 bits per heavy atom. The Hall–Kier alpha value is -3.82. The number of nitrogens with one attached hydrogen (secondary N) is 1. The minimum atomic E-state index is -0.918. The number of hydrogen-bond acceptors (Lipinski definition) is 6. The van der Waals surface area contributed by atoms with E-state index in [1.807, 2.05) is 48.8 Å².